The zero-order valence-electron chi connectivity index (χ0n) is 17.0. The largest absolute Gasteiger partial charge is 0.497 e. The third-order valence-electron chi connectivity index (χ3n) is 4.82. The van der Waals surface area contributed by atoms with E-state index < -0.39 is 0 Å². The second kappa shape index (κ2) is 8.62. The van der Waals surface area contributed by atoms with Crippen molar-refractivity contribution in [3.05, 3.63) is 59.7 Å². The van der Waals surface area contributed by atoms with Crippen molar-refractivity contribution in [2.24, 2.45) is 0 Å². The standard InChI is InChI=1S/C22H22N4O3S/c1-14-10-16-6-9-18(29-3)11-19(16)26-21(14)24-25-22(26)30-13-20(27)23-12-15-4-7-17(28-2)8-5-15/h4-11H,12-13H2,1-3H3,(H,23,27). The van der Waals surface area contributed by atoms with E-state index in [-0.39, 0.29) is 11.7 Å². The van der Waals surface area contributed by atoms with E-state index in [4.69, 9.17) is 9.47 Å². The fourth-order valence-electron chi connectivity index (χ4n) is 3.23. The maximum Gasteiger partial charge on any atom is 0.230 e. The number of hydrogen-bond donors (Lipinski definition) is 1. The predicted octanol–water partition coefficient (Wildman–Crippen LogP) is 3.62. The summed E-state index contributed by atoms with van der Waals surface area (Å²) in [6.45, 7) is 2.47. The molecule has 0 saturated carbocycles. The molecule has 154 valence electrons. The molecule has 0 saturated heterocycles. The normalized spacial score (nSPS) is 11.0. The van der Waals surface area contributed by atoms with Crippen LogP contribution in [0.15, 0.2) is 53.7 Å². The molecule has 0 aliphatic carbocycles. The van der Waals surface area contributed by atoms with Crippen molar-refractivity contribution < 1.29 is 14.3 Å². The minimum Gasteiger partial charge on any atom is -0.497 e. The van der Waals surface area contributed by atoms with E-state index >= 15 is 0 Å². The van der Waals surface area contributed by atoms with Crippen LogP contribution >= 0.6 is 11.8 Å². The molecule has 1 N–H and O–H groups in total. The fourth-order valence-corrected chi connectivity index (χ4v) is 4.00. The summed E-state index contributed by atoms with van der Waals surface area (Å²) in [5.74, 6) is 1.73. The molecule has 0 aliphatic rings. The van der Waals surface area contributed by atoms with Gasteiger partial charge in [-0.05, 0) is 53.8 Å². The van der Waals surface area contributed by atoms with Crippen LogP contribution in [0.3, 0.4) is 0 Å². The zero-order chi connectivity index (χ0) is 21.1. The van der Waals surface area contributed by atoms with Crippen LogP contribution in [0.1, 0.15) is 11.1 Å². The first-order valence-corrected chi connectivity index (χ1v) is 10.4. The molecular weight excluding hydrogens is 400 g/mol. The second-order valence-electron chi connectivity index (χ2n) is 6.81. The number of aryl methyl sites for hydroxylation is 1. The molecule has 30 heavy (non-hydrogen) atoms. The highest BCUT2D eigenvalue weighted by atomic mass is 32.2. The average Bonchev–Trinajstić information content (AvgIpc) is 3.21. The predicted molar refractivity (Wildman–Crippen MR) is 117 cm³/mol. The highest BCUT2D eigenvalue weighted by Crippen LogP contribution is 2.28. The first kappa shape index (κ1) is 20.0. The van der Waals surface area contributed by atoms with Crippen molar-refractivity contribution in [1.29, 1.82) is 0 Å². The van der Waals surface area contributed by atoms with Gasteiger partial charge in [0.05, 0.1) is 25.5 Å². The molecule has 2 heterocycles. The summed E-state index contributed by atoms with van der Waals surface area (Å²) in [5.41, 5.74) is 3.75. The van der Waals surface area contributed by atoms with Crippen LogP contribution in [0.25, 0.3) is 16.6 Å². The third kappa shape index (κ3) is 4.04. The average molecular weight is 423 g/mol. The number of pyridine rings is 1. The van der Waals surface area contributed by atoms with Gasteiger partial charge in [-0.25, -0.2) is 0 Å². The quantitative estimate of drug-likeness (QED) is 0.459. The number of thioether (sulfide) groups is 1. The molecule has 0 radical (unpaired) electrons. The molecule has 0 bridgehead atoms. The first-order valence-electron chi connectivity index (χ1n) is 9.44. The van der Waals surface area contributed by atoms with Crippen molar-refractivity contribution in [3.63, 3.8) is 0 Å². The Labute approximate surface area is 178 Å². The van der Waals surface area contributed by atoms with Gasteiger partial charge in [0.25, 0.3) is 0 Å². The minimum absolute atomic E-state index is 0.0675. The Morgan fingerprint density at radius 1 is 1.03 bits per heavy atom. The number of methoxy groups -OCH3 is 2. The van der Waals surface area contributed by atoms with Crippen molar-refractivity contribution in [2.75, 3.05) is 20.0 Å². The Hall–Kier alpha value is -3.26. The maximum absolute atomic E-state index is 12.4. The summed E-state index contributed by atoms with van der Waals surface area (Å²) >= 11 is 1.36. The summed E-state index contributed by atoms with van der Waals surface area (Å²) < 4.78 is 12.5. The molecular formula is C22H22N4O3S. The maximum atomic E-state index is 12.4. The second-order valence-corrected chi connectivity index (χ2v) is 7.75. The number of fused-ring (bicyclic) bond motifs is 3. The Balaban J connectivity index is 1.50. The van der Waals surface area contributed by atoms with E-state index in [0.29, 0.717) is 11.7 Å². The van der Waals surface area contributed by atoms with E-state index in [1.807, 2.05) is 53.8 Å². The van der Waals surface area contributed by atoms with E-state index in [2.05, 4.69) is 21.6 Å². The van der Waals surface area contributed by atoms with Gasteiger partial charge < -0.3 is 14.8 Å². The lowest BCUT2D eigenvalue weighted by atomic mass is 10.1. The van der Waals surface area contributed by atoms with Gasteiger partial charge in [0.1, 0.15) is 11.5 Å². The molecule has 0 aliphatic heterocycles. The molecule has 0 unspecified atom stereocenters. The van der Waals surface area contributed by atoms with Crippen LogP contribution in [0.2, 0.25) is 0 Å². The van der Waals surface area contributed by atoms with E-state index in [1.54, 1.807) is 14.2 Å². The topological polar surface area (TPSA) is 77.8 Å². The van der Waals surface area contributed by atoms with Gasteiger partial charge >= 0.3 is 0 Å². The summed E-state index contributed by atoms with van der Waals surface area (Å²) in [6, 6.07) is 15.6. The third-order valence-corrected chi connectivity index (χ3v) is 5.75. The van der Waals surface area contributed by atoms with Crippen molar-refractivity contribution in [3.8, 4) is 11.5 Å². The summed E-state index contributed by atoms with van der Waals surface area (Å²) in [6.07, 6.45) is 0. The Morgan fingerprint density at radius 2 is 1.77 bits per heavy atom. The lowest BCUT2D eigenvalue weighted by Gasteiger charge is -2.09. The zero-order valence-corrected chi connectivity index (χ0v) is 17.8. The van der Waals surface area contributed by atoms with Gasteiger partial charge in [-0.15, -0.1) is 10.2 Å². The highest BCUT2D eigenvalue weighted by molar-refractivity contribution is 7.99. The smallest absolute Gasteiger partial charge is 0.230 e. The van der Waals surface area contributed by atoms with Crippen LogP contribution in [0.5, 0.6) is 11.5 Å². The van der Waals surface area contributed by atoms with Crippen LogP contribution in [0.4, 0.5) is 0 Å². The van der Waals surface area contributed by atoms with Gasteiger partial charge in [0.2, 0.25) is 5.91 Å². The van der Waals surface area contributed by atoms with E-state index in [1.165, 1.54) is 11.8 Å². The van der Waals surface area contributed by atoms with Crippen LogP contribution in [-0.2, 0) is 11.3 Å². The van der Waals surface area contributed by atoms with Crippen LogP contribution < -0.4 is 14.8 Å². The SMILES string of the molecule is COc1ccc(CNC(=O)CSc2nnc3c(C)cc4ccc(OC)cc4n23)cc1. The number of carbonyl (C=O) groups is 1. The van der Waals surface area contributed by atoms with Gasteiger partial charge in [-0.1, -0.05) is 23.9 Å². The lowest BCUT2D eigenvalue weighted by Crippen LogP contribution is -2.24. The van der Waals surface area contributed by atoms with Crippen molar-refractivity contribution >= 4 is 34.2 Å². The number of amides is 1. The Kier molecular flexibility index (Phi) is 5.76. The van der Waals surface area contributed by atoms with Gasteiger partial charge in [-0.2, -0.15) is 0 Å². The monoisotopic (exact) mass is 422 g/mol. The van der Waals surface area contributed by atoms with E-state index in [0.717, 1.165) is 39.2 Å². The number of benzene rings is 2. The number of rotatable bonds is 7. The van der Waals surface area contributed by atoms with Crippen molar-refractivity contribution in [1.82, 2.24) is 19.9 Å². The molecule has 1 amide bonds. The molecule has 7 nitrogen and oxygen atoms in total. The summed E-state index contributed by atoms with van der Waals surface area (Å²) in [7, 11) is 3.27. The van der Waals surface area contributed by atoms with Crippen LogP contribution in [0, 0.1) is 6.92 Å². The molecule has 0 spiro atoms. The van der Waals surface area contributed by atoms with Gasteiger partial charge in [0, 0.05) is 12.6 Å². The number of nitrogens with one attached hydrogen (secondary N) is 1. The highest BCUT2D eigenvalue weighted by Gasteiger charge is 2.14. The molecule has 4 aromatic rings. The lowest BCUT2D eigenvalue weighted by molar-refractivity contribution is -0.118. The summed E-state index contributed by atoms with van der Waals surface area (Å²) in [4.78, 5) is 12.4. The number of ether oxygens (including phenoxy) is 2. The Bertz CT molecular complexity index is 1200. The number of aromatic nitrogens is 3. The van der Waals surface area contributed by atoms with Crippen molar-refractivity contribution in [2.45, 2.75) is 18.6 Å². The van der Waals surface area contributed by atoms with Gasteiger partial charge in [0.15, 0.2) is 10.8 Å². The Morgan fingerprint density at radius 3 is 2.50 bits per heavy atom. The molecule has 2 aromatic heterocycles. The number of carbonyl (C=O) groups excluding carboxylic acids is 1. The molecule has 8 heteroatoms. The van der Waals surface area contributed by atoms with Crippen LogP contribution in [-0.4, -0.2) is 40.5 Å². The fraction of sp³-hybridized carbons (Fsp3) is 0.227. The molecule has 2 aromatic carbocycles. The minimum atomic E-state index is -0.0675. The first-order chi connectivity index (χ1) is 14.6. The van der Waals surface area contributed by atoms with E-state index in [9.17, 15) is 4.79 Å². The molecule has 0 fully saturated rings. The number of hydrogen-bond acceptors (Lipinski definition) is 6. The van der Waals surface area contributed by atoms with Gasteiger partial charge in [-0.3, -0.25) is 9.20 Å². The number of nitrogens with zero attached hydrogens (tertiary/aromatic N) is 3. The molecule has 0 atom stereocenters. The molecule has 4 rings (SSSR count). The summed E-state index contributed by atoms with van der Waals surface area (Å²) in [5, 5.41) is 13.3.